The van der Waals surface area contributed by atoms with Crippen LogP contribution in [0, 0.1) is 11.3 Å². The molecule has 0 unspecified atom stereocenters. The van der Waals surface area contributed by atoms with E-state index in [1.54, 1.807) is 0 Å². The van der Waals surface area contributed by atoms with Crippen molar-refractivity contribution in [1.29, 1.82) is 0 Å². The van der Waals surface area contributed by atoms with Crippen LogP contribution in [-0.2, 0) is 9.59 Å². The minimum absolute atomic E-state index is 0.0488. The Labute approximate surface area is 121 Å². The van der Waals surface area contributed by atoms with Crippen LogP contribution in [0.2, 0.25) is 0 Å². The molecule has 0 aromatic carbocycles. The van der Waals surface area contributed by atoms with Gasteiger partial charge in [-0.1, -0.05) is 33.1 Å². The summed E-state index contributed by atoms with van der Waals surface area (Å²) in [5.74, 6) is -0.296. The van der Waals surface area contributed by atoms with Gasteiger partial charge in [-0.05, 0) is 44.4 Å². The molecular weight excluding hydrogens is 254 g/mol. The van der Waals surface area contributed by atoms with Gasteiger partial charge >= 0.3 is 5.97 Å². The summed E-state index contributed by atoms with van der Waals surface area (Å²) in [4.78, 5) is 24.2. The standard InChI is InChI=1S/C16H27NO3/c1-3-12-6-10-16(11-7-12,14(19)20)17-13(18)15(2)8-4-5-9-15/h12H,3-11H2,1-2H3,(H,17,18)(H,19,20). The molecule has 0 aromatic heterocycles. The molecule has 0 atom stereocenters. The van der Waals surface area contributed by atoms with Gasteiger partial charge in [-0.15, -0.1) is 0 Å². The second-order valence-corrected chi connectivity index (χ2v) is 6.96. The van der Waals surface area contributed by atoms with Crippen LogP contribution < -0.4 is 5.32 Å². The Balaban J connectivity index is 2.06. The molecule has 0 bridgehead atoms. The average molecular weight is 281 g/mol. The summed E-state index contributed by atoms with van der Waals surface area (Å²) in [7, 11) is 0. The van der Waals surface area contributed by atoms with Crippen LogP contribution in [0.4, 0.5) is 0 Å². The Kier molecular flexibility index (Phi) is 4.40. The van der Waals surface area contributed by atoms with Crippen LogP contribution in [0.5, 0.6) is 0 Å². The van der Waals surface area contributed by atoms with Gasteiger partial charge in [0.25, 0.3) is 0 Å². The van der Waals surface area contributed by atoms with Gasteiger partial charge in [-0.3, -0.25) is 4.79 Å². The van der Waals surface area contributed by atoms with Gasteiger partial charge < -0.3 is 10.4 Å². The molecule has 2 aliphatic rings. The van der Waals surface area contributed by atoms with Crippen molar-refractivity contribution in [3.8, 4) is 0 Å². The van der Waals surface area contributed by atoms with E-state index >= 15 is 0 Å². The summed E-state index contributed by atoms with van der Waals surface area (Å²) < 4.78 is 0. The van der Waals surface area contributed by atoms with E-state index in [2.05, 4.69) is 12.2 Å². The molecule has 0 saturated heterocycles. The highest BCUT2D eigenvalue weighted by molar-refractivity contribution is 5.90. The number of carboxylic acid groups (broad SMARTS) is 1. The fourth-order valence-electron chi connectivity index (χ4n) is 3.72. The third kappa shape index (κ3) is 2.84. The molecule has 2 aliphatic carbocycles. The van der Waals surface area contributed by atoms with Crippen molar-refractivity contribution in [1.82, 2.24) is 5.32 Å². The fraction of sp³-hybridized carbons (Fsp3) is 0.875. The van der Waals surface area contributed by atoms with E-state index in [1.165, 1.54) is 0 Å². The Bertz CT molecular complexity index is 377. The molecule has 0 aromatic rings. The molecule has 0 aliphatic heterocycles. The van der Waals surface area contributed by atoms with E-state index in [0.717, 1.165) is 44.9 Å². The Hall–Kier alpha value is -1.06. The number of nitrogens with one attached hydrogen (secondary N) is 1. The van der Waals surface area contributed by atoms with E-state index in [9.17, 15) is 14.7 Å². The summed E-state index contributed by atoms with van der Waals surface area (Å²) in [6, 6.07) is 0. The first-order valence-electron chi connectivity index (χ1n) is 7.98. The van der Waals surface area contributed by atoms with E-state index in [1.807, 2.05) is 6.92 Å². The summed E-state index contributed by atoms with van der Waals surface area (Å²) in [6.07, 6.45) is 7.95. The SMILES string of the molecule is CCC1CCC(NC(=O)C2(C)CCCC2)(C(=O)O)CC1. The lowest BCUT2D eigenvalue weighted by atomic mass is 9.74. The van der Waals surface area contributed by atoms with E-state index in [-0.39, 0.29) is 11.3 Å². The van der Waals surface area contributed by atoms with Crippen molar-refractivity contribution in [3.63, 3.8) is 0 Å². The molecule has 2 N–H and O–H groups in total. The zero-order valence-corrected chi connectivity index (χ0v) is 12.7. The smallest absolute Gasteiger partial charge is 0.329 e. The van der Waals surface area contributed by atoms with Gasteiger partial charge in [0, 0.05) is 5.41 Å². The molecule has 0 radical (unpaired) electrons. The summed E-state index contributed by atoms with van der Waals surface area (Å²) in [5.41, 5.74) is -1.38. The van der Waals surface area contributed by atoms with Crippen LogP contribution in [0.3, 0.4) is 0 Å². The van der Waals surface area contributed by atoms with Crippen molar-refractivity contribution in [2.45, 2.75) is 77.2 Å². The normalized spacial score (nSPS) is 32.8. The van der Waals surface area contributed by atoms with Gasteiger partial charge in [0.05, 0.1) is 0 Å². The lowest BCUT2D eigenvalue weighted by molar-refractivity contribution is -0.151. The molecule has 114 valence electrons. The van der Waals surface area contributed by atoms with E-state index in [0.29, 0.717) is 18.8 Å². The van der Waals surface area contributed by atoms with E-state index < -0.39 is 11.5 Å². The zero-order valence-electron chi connectivity index (χ0n) is 12.7. The zero-order chi connectivity index (χ0) is 14.8. The summed E-state index contributed by atoms with van der Waals surface area (Å²) >= 11 is 0. The lowest BCUT2D eigenvalue weighted by Crippen LogP contribution is -2.59. The summed E-state index contributed by atoms with van der Waals surface area (Å²) in [6.45, 7) is 4.12. The largest absolute Gasteiger partial charge is 0.480 e. The number of carboxylic acids is 1. The topological polar surface area (TPSA) is 66.4 Å². The van der Waals surface area contributed by atoms with Gasteiger partial charge in [-0.25, -0.2) is 4.79 Å². The van der Waals surface area contributed by atoms with Gasteiger partial charge in [-0.2, -0.15) is 0 Å². The lowest BCUT2D eigenvalue weighted by Gasteiger charge is -2.39. The number of hydrogen-bond acceptors (Lipinski definition) is 2. The molecule has 4 nitrogen and oxygen atoms in total. The van der Waals surface area contributed by atoms with Crippen molar-refractivity contribution < 1.29 is 14.7 Å². The molecule has 2 fully saturated rings. The first-order chi connectivity index (χ1) is 9.42. The fourth-order valence-corrected chi connectivity index (χ4v) is 3.72. The number of hydrogen-bond donors (Lipinski definition) is 2. The van der Waals surface area contributed by atoms with Crippen molar-refractivity contribution >= 4 is 11.9 Å². The second-order valence-electron chi connectivity index (χ2n) is 6.96. The van der Waals surface area contributed by atoms with E-state index in [4.69, 9.17) is 0 Å². The maximum atomic E-state index is 12.5. The third-order valence-corrected chi connectivity index (χ3v) is 5.55. The predicted octanol–water partition coefficient (Wildman–Crippen LogP) is 3.11. The molecular formula is C16H27NO3. The molecule has 4 heteroatoms. The maximum Gasteiger partial charge on any atom is 0.329 e. The molecule has 0 heterocycles. The Morgan fingerprint density at radius 3 is 2.15 bits per heavy atom. The molecule has 1 amide bonds. The minimum Gasteiger partial charge on any atom is -0.480 e. The highest BCUT2D eigenvalue weighted by Gasteiger charge is 2.46. The average Bonchev–Trinajstić information content (AvgIpc) is 2.87. The molecule has 0 spiro atoms. The van der Waals surface area contributed by atoms with Crippen molar-refractivity contribution in [2.24, 2.45) is 11.3 Å². The Morgan fingerprint density at radius 1 is 1.15 bits per heavy atom. The van der Waals surface area contributed by atoms with Crippen LogP contribution >= 0.6 is 0 Å². The second kappa shape index (κ2) is 5.74. The number of rotatable bonds is 4. The number of carbonyl (C=O) groups excluding carboxylic acids is 1. The van der Waals surface area contributed by atoms with Gasteiger partial charge in [0.1, 0.15) is 5.54 Å². The molecule has 20 heavy (non-hydrogen) atoms. The third-order valence-electron chi connectivity index (χ3n) is 5.55. The molecule has 2 rings (SSSR count). The van der Waals surface area contributed by atoms with Gasteiger partial charge in [0.15, 0.2) is 0 Å². The van der Waals surface area contributed by atoms with Crippen LogP contribution in [0.15, 0.2) is 0 Å². The van der Waals surface area contributed by atoms with Crippen molar-refractivity contribution in [3.05, 3.63) is 0 Å². The Morgan fingerprint density at radius 2 is 1.70 bits per heavy atom. The monoisotopic (exact) mass is 281 g/mol. The van der Waals surface area contributed by atoms with Crippen LogP contribution in [0.25, 0.3) is 0 Å². The minimum atomic E-state index is -1.02. The maximum absolute atomic E-state index is 12.5. The highest BCUT2D eigenvalue weighted by Crippen LogP contribution is 2.40. The van der Waals surface area contributed by atoms with Crippen molar-refractivity contribution in [2.75, 3.05) is 0 Å². The number of aliphatic carboxylic acids is 1. The number of amides is 1. The quantitative estimate of drug-likeness (QED) is 0.832. The first-order valence-corrected chi connectivity index (χ1v) is 7.98. The number of carbonyl (C=O) groups is 2. The van der Waals surface area contributed by atoms with Crippen LogP contribution in [0.1, 0.15) is 71.6 Å². The predicted molar refractivity (Wildman–Crippen MR) is 77.3 cm³/mol. The van der Waals surface area contributed by atoms with Gasteiger partial charge in [0.2, 0.25) is 5.91 Å². The highest BCUT2D eigenvalue weighted by atomic mass is 16.4. The summed E-state index contributed by atoms with van der Waals surface area (Å²) in [5, 5.41) is 12.5. The first kappa shape index (κ1) is 15.3. The molecule has 2 saturated carbocycles. The van der Waals surface area contributed by atoms with Crippen LogP contribution in [-0.4, -0.2) is 22.5 Å².